The predicted molar refractivity (Wildman–Crippen MR) is 142 cm³/mol. The second kappa shape index (κ2) is 8.75. The number of carbonyl (C=O) groups is 2. The number of aromatic amines is 1. The number of thiazole rings is 1. The third kappa shape index (κ3) is 4.56. The molecule has 0 spiro atoms. The minimum Gasteiger partial charge on any atom is -0.324 e. The molecule has 1 aliphatic heterocycles. The van der Waals surface area contributed by atoms with Gasteiger partial charge in [-0.15, -0.1) is 11.3 Å². The van der Waals surface area contributed by atoms with Crippen molar-refractivity contribution in [3.8, 4) is 10.4 Å². The van der Waals surface area contributed by atoms with Crippen LogP contribution in [0.5, 0.6) is 0 Å². The Morgan fingerprint density at radius 2 is 1.95 bits per heavy atom. The molecule has 6 heterocycles. The number of nitrogens with zero attached hydrogens (tertiary/aromatic N) is 6. The van der Waals surface area contributed by atoms with Crippen LogP contribution >= 0.6 is 11.3 Å². The summed E-state index contributed by atoms with van der Waals surface area (Å²) in [4.78, 5) is 38.2. The van der Waals surface area contributed by atoms with Crippen LogP contribution < -0.4 is 10.6 Å². The number of anilines is 2. The maximum Gasteiger partial charge on any atom is 0.260 e. The number of hydrogen-bond donors (Lipinski definition) is 3. The number of fused-ring (bicyclic) bond motifs is 2. The summed E-state index contributed by atoms with van der Waals surface area (Å²) in [5.74, 6) is -0.408. The number of rotatable bonds is 6. The summed E-state index contributed by atoms with van der Waals surface area (Å²) in [5.41, 5.74) is 4.05. The fourth-order valence-corrected chi connectivity index (χ4v) is 5.68. The van der Waals surface area contributed by atoms with Gasteiger partial charge in [0, 0.05) is 36.4 Å². The van der Waals surface area contributed by atoms with Gasteiger partial charge in [0.25, 0.3) is 5.91 Å². The van der Waals surface area contributed by atoms with E-state index in [2.05, 4.69) is 54.6 Å². The van der Waals surface area contributed by atoms with Gasteiger partial charge in [0.15, 0.2) is 5.65 Å². The van der Waals surface area contributed by atoms with Gasteiger partial charge >= 0.3 is 0 Å². The van der Waals surface area contributed by atoms with Crippen LogP contribution in [0.25, 0.3) is 26.3 Å². The molecule has 1 aliphatic rings. The zero-order valence-corrected chi connectivity index (χ0v) is 21.4. The first kappa shape index (κ1) is 23.3. The van der Waals surface area contributed by atoms with Crippen LogP contribution in [-0.2, 0) is 4.79 Å². The molecule has 0 atom stereocenters. The van der Waals surface area contributed by atoms with Crippen LogP contribution in [0.2, 0.25) is 0 Å². The molecule has 0 aliphatic carbocycles. The third-order valence-corrected chi connectivity index (χ3v) is 7.47. The van der Waals surface area contributed by atoms with Gasteiger partial charge in [-0.25, -0.2) is 9.50 Å². The fourth-order valence-electron chi connectivity index (χ4n) is 4.64. The van der Waals surface area contributed by atoms with Crippen molar-refractivity contribution in [2.75, 3.05) is 30.3 Å². The number of hydrogen-bond acceptors (Lipinski definition) is 8. The Balaban J connectivity index is 1.18. The molecule has 188 valence electrons. The Morgan fingerprint density at radius 3 is 2.76 bits per heavy atom. The van der Waals surface area contributed by atoms with E-state index in [1.165, 1.54) is 11.3 Å². The van der Waals surface area contributed by atoms with E-state index >= 15 is 0 Å². The first-order valence-electron chi connectivity index (χ1n) is 11.8. The molecule has 1 saturated heterocycles. The minimum absolute atomic E-state index is 0.106. The quantitative estimate of drug-likeness (QED) is 0.315. The molecule has 0 saturated carbocycles. The van der Waals surface area contributed by atoms with Crippen molar-refractivity contribution in [3.05, 3.63) is 54.4 Å². The largest absolute Gasteiger partial charge is 0.324 e. The Morgan fingerprint density at radius 1 is 1.11 bits per heavy atom. The van der Waals surface area contributed by atoms with E-state index in [0.717, 1.165) is 34.6 Å². The standard InChI is InChI=1S/C25H25N9O2S/c1-14-19(5-17(8-26-14)30-21(35)11-33-12-25(2,3)13-33)31-23(36)18-9-29-34-10-20(37-24(18)34)15-4-16-7-28-32-22(16)27-6-15/h4-10H,11-13H2,1-3H3,(H,30,35)(H,31,36)(H,27,28,32). The first-order valence-corrected chi connectivity index (χ1v) is 12.6. The first-order chi connectivity index (χ1) is 17.7. The van der Waals surface area contributed by atoms with Gasteiger partial charge < -0.3 is 10.6 Å². The lowest BCUT2D eigenvalue weighted by atomic mass is 9.84. The highest BCUT2D eigenvalue weighted by Gasteiger charge is 2.34. The van der Waals surface area contributed by atoms with Crippen LogP contribution in [0.4, 0.5) is 11.4 Å². The van der Waals surface area contributed by atoms with Gasteiger partial charge in [-0.2, -0.15) is 10.2 Å². The number of amides is 2. The number of aromatic nitrogens is 6. The second-order valence-corrected chi connectivity index (χ2v) is 11.1. The molecule has 0 aromatic carbocycles. The maximum absolute atomic E-state index is 13.2. The predicted octanol–water partition coefficient (Wildman–Crippen LogP) is 3.57. The zero-order valence-electron chi connectivity index (χ0n) is 20.6. The third-order valence-electron chi connectivity index (χ3n) is 6.31. The van der Waals surface area contributed by atoms with Gasteiger partial charge in [-0.1, -0.05) is 13.8 Å². The van der Waals surface area contributed by atoms with Crippen molar-refractivity contribution < 1.29 is 9.59 Å². The van der Waals surface area contributed by atoms with Gasteiger partial charge in [0.1, 0.15) is 4.83 Å². The number of aryl methyl sites for hydroxylation is 1. The average molecular weight is 516 g/mol. The molecular formula is C25H25N9O2S. The zero-order chi connectivity index (χ0) is 25.7. The van der Waals surface area contributed by atoms with Crippen molar-refractivity contribution in [2.45, 2.75) is 20.8 Å². The van der Waals surface area contributed by atoms with Gasteiger partial charge in [0.05, 0.1) is 52.6 Å². The normalized spacial score (nSPS) is 15.1. The Bertz CT molecular complexity index is 1660. The van der Waals surface area contributed by atoms with Crippen molar-refractivity contribution in [3.63, 3.8) is 0 Å². The van der Waals surface area contributed by atoms with Crippen molar-refractivity contribution in [1.29, 1.82) is 0 Å². The molecule has 3 N–H and O–H groups in total. The summed E-state index contributed by atoms with van der Waals surface area (Å²) >= 11 is 1.45. The van der Waals surface area contributed by atoms with E-state index in [9.17, 15) is 9.59 Å². The van der Waals surface area contributed by atoms with E-state index in [1.54, 1.807) is 42.3 Å². The molecule has 0 bridgehead atoms. The lowest BCUT2D eigenvalue weighted by molar-refractivity contribution is -0.120. The Kier molecular flexibility index (Phi) is 5.50. The average Bonchev–Trinajstić information content (AvgIpc) is 3.55. The van der Waals surface area contributed by atoms with E-state index in [-0.39, 0.29) is 17.2 Å². The van der Waals surface area contributed by atoms with Gasteiger partial charge in [-0.05, 0) is 24.5 Å². The number of nitrogens with one attached hydrogen (secondary N) is 3. The van der Waals surface area contributed by atoms with Crippen molar-refractivity contribution in [2.24, 2.45) is 5.41 Å². The molecule has 12 heteroatoms. The number of carbonyl (C=O) groups excluding carboxylic acids is 2. The summed E-state index contributed by atoms with van der Waals surface area (Å²) < 4.78 is 1.69. The Hall–Kier alpha value is -4.16. The van der Waals surface area contributed by atoms with Crippen LogP contribution in [-0.4, -0.2) is 66.1 Å². The monoisotopic (exact) mass is 515 g/mol. The van der Waals surface area contributed by atoms with Crippen LogP contribution in [0.3, 0.4) is 0 Å². The summed E-state index contributed by atoms with van der Waals surface area (Å²) in [7, 11) is 0. The number of likely N-dealkylation sites (tertiary alicyclic amines) is 1. The molecule has 0 unspecified atom stereocenters. The summed E-state index contributed by atoms with van der Waals surface area (Å²) in [5, 5.41) is 17.9. The Labute approximate surface area is 215 Å². The summed E-state index contributed by atoms with van der Waals surface area (Å²) in [6, 6.07) is 3.72. The lowest BCUT2D eigenvalue weighted by Crippen LogP contribution is -2.54. The van der Waals surface area contributed by atoms with Crippen LogP contribution in [0.1, 0.15) is 29.9 Å². The van der Waals surface area contributed by atoms with Crippen LogP contribution in [0, 0.1) is 12.3 Å². The van der Waals surface area contributed by atoms with E-state index < -0.39 is 0 Å². The fraction of sp³-hybridized carbons (Fsp3) is 0.280. The summed E-state index contributed by atoms with van der Waals surface area (Å²) in [6.45, 7) is 8.29. The highest BCUT2D eigenvalue weighted by atomic mass is 32.1. The highest BCUT2D eigenvalue weighted by molar-refractivity contribution is 7.21. The molecule has 0 radical (unpaired) electrons. The molecule has 2 amide bonds. The van der Waals surface area contributed by atoms with Crippen molar-refractivity contribution in [1.82, 2.24) is 34.7 Å². The topological polar surface area (TPSA) is 133 Å². The maximum atomic E-state index is 13.2. The molecule has 5 aromatic heterocycles. The highest BCUT2D eigenvalue weighted by Crippen LogP contribution is 2.32. The minimum atomic E-state index is -0.303. The van der Waals surface area contributed by atoms with Crippen molar-refractivity contribution >= 4 is 50.4 Å². The SMILES string of the molecule is Cc1ncc(NC(=O)CN2CC(C)(C)C2)cc1NC(=O)c1cnn2cc(-c3cnc4[nH]ncc4c3)sc12. The molecular weight excluding hydrogens is 490 g/mol. The number of pyridine rings is 2. The molecule has 6 rings (SSSR count). The van der Waals surface area contributed by atoms with Crippen LogP contribution in [0.15, 0.2) is 43.1 Å². The number of H-pyrrole nitrogens is 1. The molecule has 1 fully saturated rings. The smallest absolute Gasteiger partial charge is 0.260 e. The lowest BCUT2D eigenvalue weighted by Gasteiger charge is -2.45. The molecule has 37 heavy (non-hydrogen) atoms. The van der Waals surface area contributed by atoms with Gasteiger partial charge in [0.2, 0.25) is 5.91 Å². The van der Waals surface area contributed by atoms with E-state index in [0.29, 0.717) is 34.0 Å². The van der Waals surface area contributed by atoms with E-state index in [4.69, 9.17) is 0 Å². The molecule has 11 nitrogen and oxygen atoms in total. The summed E-state index contributed by atoms with van der Waals surface area (Å²) in [6.07, 6.45) is 8.51. The second-order valence-electron chi connectivity index (χ2n) is 10.1. The van der Waals surface area contributed by atoms with Gasteiger partial charge in [-0.3, -0.25) is 24.6 Å². The van der Waals surface area contributed by atoms with E-state index in [1.807, 2.05) is 12.3 Å². The molecule has 5 aromatic rings.